The quantitative estimate of drug-likeness (QED) is 0.611. The van der Waals surface area contributed by atoms with Crippen LogP contribution in [0, 0.1) is 5.92 Å². The van der Waals surface area contributed by atoms with Crippen LogP contribution in [0.1, 0.15) is 19.8 Å². The number of carbonyl (C=O) groups is 2. The molecule has 1 saturated carbocycles. The van der Waals surface area contributed by atoms with Gasteiger partial charge in [-0.2, -0.15) is 0 Å². The first-order chi connectivity index (χ1) is 8.19. The summed E-state index contributed by atoms with van der Waals surface area (Å²) in [6.07, 6.45) is 2.65. The van der Waals surface area contributed by atoms with Crippen LogP contribution in [0.25, 0.3) is 0 Å². The average molecular weight is 278 g/mol. The number of hydrogen-bond acceptors (Lipinski definition) is 4. The van der Waals surface area contributed by atoms with E-state index in [1.807, 2.05) is 0 Å². The molecule has 0 aromatic rings. The number of nitrogens with one attached hydrogen (secondary N) is 2. The van der Waals surface area contributed by atoms with Crippen LogP contribution in [0.5, 0.6) is 0 Å². The molecular formula is C10H18N2O5S. The Morgan fingerprint density at radius 2 is 1.89 bits per heavy atom. The third-order valence-electron chi connectivity index (χ3n) is 2.58. The molecule has 0 aromatic heterocycles. The molecule has 0 aliphatic heterocycles. The van der Waals surface area contributed by atoms with Crippen LogP contribution in [0.4, 0.5) is 4.79 Å². The fourth-order valence-corrected chi connectivity index (χ4v) is 2.70. The number of carboxylic acids is 1. The molecule has 1 aliphatic carbocycles. The van der Waals surface area contributed by atoms with E-state index in [9.17, 15) is 18.0 Å². The van der Waals surface area contributed by atoms with E-state index in [2.05, 4.69) is 10.6 Å². The molecule has 3 N–H and O–H groups in total. The molecule has 0 radical (unpaired) electrons. The Labute approximate surface area is 106 Å². The molecule has 0 bridgehead atoms. The van der Waals surface area contributed by atoms with Gasteiger partial charge in [-0.05, 0) is 25.7 Å². The summed E-state index contributed by atoms with van der Waals surface area (Å²) < 4.78 is 22.0. The summed E-state index contributed by atoms with van der Waals surface area (Å²) in [5.74, 6) is -1.26. The van der Waals surface area contributed by atoms with Gasteiger partial charge in [-0.25, -0.2) is 18.0 Å². The maximum Gasteiger partial charge on any atom is 0.326 e. The third kappa shape index (κ3) is 5.35. The molecular weight excluding hydrogens is 260 g/mol. The normalized spacial score (nSPS) is 18.8. The van der Waals surface area contributed by atoms with Crippen molar-refractivity contribution in [2.24, 2.45) is 5.92 Å². The van der Waals surface area contributed by atoms with E-state index >= 15 is 0 Å². The fraction of sp³-hybridized carbons (Fsp3) is 0.800. The van der Waals surface area contributed by atoms with Gasteiger partial charge in [0.15, 0.2) is 0 Å². The molecule has 2 atom stereocenters. The Morgan fingerprint density at radius 1 is 1.33 bits per heavy atom. The minimum atomic E-state index is -3.18. The Kier molecular flexibility index (Phi) is 4.55. The monoisotopic (exact) mass is 278 g/mol. The van der Waals surface area contributed by atoms with Gasteiger partial charge < -0.3 is 15.7 Å². The molecule has 8 heteroatoms. The predicted molar refractivity (Wildman–Crippen MR) is 65.0 cm³/mol. The lowest BCUT2D eigenvalue weighted by atomic mass is 10.2. The molecule has 1 rings (SSSR count). The smallest absolute Gasteiger partial charge is 0.326 e. The maximum absolute atomic E-state index is 11.5. The Hall–Kier alpha value is -1.31. The molecule has 0 aromatic carbocycles. The van der Waals surface area contributed by atoms with Crippen LogP contribution in [0.2, 0.25) is 0 Å². The summed E-state index contributed by atoms with van der Waals surface area (Å²) in [5, 5.41) is 13.7. The summed E-state index contributed by atoms with van der Waals surface area (Å²) in [6.45, 7) is 1.55. The van der Waals surface area contributed by atoms with Crippen molar-refractivity contribution >= 4 is 21.8 Å². The van der Waals surface area contributed by atoms with E-state index < -0.39 is 33.9 Å². The number of hydrogen-bond donors (Lipinski definition) is 3. The van der Waals surface area contributed by atoms with Crippen LogP contribution in [0.15, 0.2) is 0 Å². The summed E-state index contributed by atoms with van der Waals surface area (Å²) in [4.78, 5) is 22.4. The first-order valence-corrected chi connectivity index (χ1v) is 7.72. The SMILES string of the molecule is CC(CS(C)(=O)=O)NC(=O)NC(C(=O)O)C1CC1. The van der Waals surface area contributed by atoms with E-state index in [-0.39, 0.29) is 11.7 Å². The zero-order valence-corrected chi connectivity index (χ0v) is 11.2. The van der Waals surface area contributed by atoms with Crippen molar-refractivity contribution in [3.8, 4) is 0 Å². The fourth-order valence-electron chi connectivity index (χ4n) is 1.71. The van der Waals surface area contributed by atoms with Crippen molar-refractivity contribution in [1.82, 2.24) is 10.6 Å². The van der Waals surface area contributed by atoms with Crippen LogP contribution >= 0.6 is 0 Å². The van der Waals surface area contributed by atoms with Crippen LogP contribution in [0.3, 0.4) is 0 Å². The number of sulfone groups is 1. The highest BCUT2D eigenvalue weighted by Crippen LogP contribution is 2.32. The molecule has 0 spiro atoms. The minimum absolute atomic E-state index is 0.0153. The number of urea groups is 1. The molecule has 104 valence electrons. The summed E-state index contributed by atoms with van der Waals surface area (Å²) in [5.41, 5.74) is 0. The van der Waals surface area contributed by atoms with Crippen LogP contribution in [-0.4, -0.2) is 49.6 Å². The van der Waals surface area contributed by atoms with E-state index in [4.69, 9.17) is 5.11 Å². The number of carboxylic acid groups (broad SMARTS) is 1. The van der Waals surface area contributed by atoms with Gasteiger partial charge in [0.05, 0.1) is 5.75 Å². The topological polar surface area (TPSA) is 113 Å². The highest BCUT2D eigenvalue weighted by atomic mass is 32.2. The van der Waals surface area contributed by atoms with Gasteiger partial charge in [-0.1, -0.05) is 0 Å². The van der Waals surface area contributed by atoms with Gasteiger partial charge in [0, 0.05) is 12.3 Å². The van der Waals surface area contributed by atoms with Gasteiger partial charge in [0.25, 0.3) is 0 Å². The number of aliphatic carboxylic acids is 1. The summed E-state index contributed by atoms with van der Waals surface area (Å²) in [7, 11) is -3.18. The maximum atomic E-state index is 11.5. The molecule has 1 aliphatic rings. The zero-order valence-electron chi connectivity index (χ0n) is 10.3. The molecule has 2 amide bonds. The molecule has 1 fully saturated rings. The number of rotatable bonds is 6. The Bertz CT molecular complexity index is 430. The second-order valence-corrected chi connectivity index (χ2v) is 6.95. The van der Waals surface area contributed by atoms with Crippen LogP contribution < -0.4 is 10.6 Å². The van der Waals surface area contributed by atoms with Crippen molar-refractivity contribution < 1.29 is 23.1 Å². The Morgan fingerprint density at radius 3 is 2.28 bits per heavy atom. The lowest BCUT2D eigenvalue weighted by molar-refractivity contribution is -0.139. The van der Waals surface area contributed by atoms with Crippen molar-refractivity contribution in [2.45, 2.75) is 31.8 Å². The third-order valence-corrected chi connectivity index (χ3v) is 3.68. The molecule has 18 heavy (non-hydrogen) atoms. The predicted octanol–water partition coefficient (Wildman–Crippen LogP) is -0.418. The molecule has 0 heterocycles. The second kappa shape index (κ2) is 5.55. The lowest BCUT2D eigenvalue weighted by Crippen LogP contribution is -2.50. The summed E-state index contributed by atoms with van der Waals surface area (Å²) in [6, 6.07) is -2.10. The van der Waals surface area contributed by atoms with E-state index in [1.165, 1.54) is 0 Å². The highest BCUT2D eigenvalue weighted by molar-refractivity contribution is 7.90. The first-order valence-electron chi connectivity index (χ1n) is 5.66. The van der Waals surface area contributed by atoms with Crippen molar-refractivity contribution in [3.05, 3.63) is 0 Å². The van der Waals surface area contributed by atoms with Crippen molar-refractivity contribution in [3.63, 3.8) is 0 Å². The molecule has 7 nitrogen and oxygen atoms in total. The Balaban J connectivity index is 2.42. The number of amides is 2. The van der Waals surface area contributed by atoms with E-state index in [0.717, 1.165) is 19.1 Å². The number of carbonyl (C=O) groups excluding carboxylic acids is 1. The highest BCUT2D eigenvalue weighted by Gasteiger charge is 2.37. The van der Waals surface area contributed by atoms with Crippen molar-refractivity contribution in [2.75, 3.05) is 12.0 Å². The average Bonchev–Trinajstić information content (AvgIpc) is 2.92. The van der Waals surface area contributed by atoms with Gasteiger partial charge in [-0.3, -0.25) is 0 Å². The standard InChI is InChI=1S/C10H18N2O5S/c1-6(5-18(2,16)17)11-10(15)12-8(9(13)14)7-3-4-7/h6-8H,3-5H2,1-2H3,(H,13,14)(H2,11,12,15). The zero-order chi connectivity index (χ0) is 13.9. The first kappa shape index (κ1) is 14.7. The van der Waals surface area contributed by atoms with Gasteiger partial charge in [0.1, 0.15) is 15.9 Å². The minimum Gasteiger partial charge on any atom is -0.480 e. The largest absolute Gasteiger partial charge is 0.480 e. The van der Waals surface area contributed by atoms with Gasteiger partial charge in [-0.15, -0.1) is 0 Å². The second-order valence-electron chi connectivity index (χ2n) is 4.76. The van der Waals surface area contributed by atoms with Crippen molar-refractivity contribution in [1.29, 1.82) is 0 Å². The van der Waals surface area contributed by atoms with E-state index in [1.54, 1.807) is 6.92 Å². The molecule has 0 saturated heterocycles. The lowest BCUT2D eigenvalue weighted by Gasteiger charge is -2.17. The molecule has 2 unspecified atom stereocenters. The van der Waals surface area contributed by atoms with Gasteiger partial charge >= 0.3 is 12.0 Å². The summed E-state index contributed by atoms with van der Waals surface area (Å²) >= 11 is 0. The van der Waals surface area contributed by atoms with E-state index in [0.29, 0.717) is 0 Å². The van der Waals surface area contributed by atoms with Crippen LogP contribution in [-0.2, 0) is 14.6 Å². The van der Waals surface area contributed by atoms with Gasteiger partial charge in [0.2, 0.25) is 0 Å².